The van der Waals surface area contributed by atoms with Crippen LogP contribution < -0.4 is 16.8 Å². The van der Waals surface area contributed by atoms with Crippen molar-refractivity contribution >= 4 is 16.7 Å². The molecule has 0 heterocycles. The summed E-state index contributed by atoms with van der Waals surface area (Å²) in [5.74, 6) is -0.110. The molecule has 2 aromatic carbocycles. The first-order chi connectivity index (χ1) is 10.7. The van der Waals surface area contributed by atoms with E-state index in [-0.39, 0.29) is 24.5 Å². The van der Waals surface area contributed by atoms with Gasteiger partial charge < -0.3 is 21.5 Å². The maximum absolute atomic E-state index is 12.1. The molecule has 2 unspecified atom stereocenters. The first-order valence-electron chi connectivity index (χ1n) is 7.39. The van der Waals surface area contributed by atoms with Gasteiger partial charge in [0.05, 0.1) is 18.6 Å². The lowest BCUT2D eigenvalue weighted by atomic mass is 10.0. The van der Waals surface area contributed by atoms with Gasteiger partial charge in [-0.05, 0) is 22.4 Å². The van der Waals surface area contributed by atoms with E-state index in [2.05, 4.69) is 17.4 Å². The number of ether oxygens (including phenoxy) is 1. The van der Waals surface area contributed by atoms with Gasteiger partial charge in [0.1, 0.15) is 0 Å². The van der Waals surface area contributed by atoms with Crippen LogP contribution in [0.2, 0.25) is 0 Å². The van der Waals surface area contributed by atoms with E-state index in [1.807, 2.05) is 30.3 Å². The minimum atomic E-state index is -0.268. The fourth-order valence-electron chi connectivity index (χ4n) is 2.43. The Morgan fingerprint density at radius 3 is 2.50 bits per heavy atom. The van der Waals surface area contributed by atoms with Crippen molar-refractivity contribution in [1.82, 2.24) is 5.32 Å². The molecule has 118 valence electrons. The summed E-state index contributed by atoms with van der Waals surface area (Å²) in [5.41, 5.74) is 12.4. The van der Waals surface area contributed by atoms with Crippen molar-refractivity contribution in [2.45, 2.75) is 18.6 Å². The standard InChI is InChI=1S/C17H23N3O2/c1-22-15(10-18)9-17(21)20-16(11-19)14-7-6-12-4-2-3-5-13(12)8-14/h2-8,15-16H,9-11,18-19H2,1H3,(H,20,21). The van der Waals surface area contributed by atoms with Crippen molar-refractivity contribution in [2.75, 3.05) is 20.2 Å². The highest BCUT2D eigenvalue weighted by molar-refractivity contribution is 5.83. The number of hydrogen-bond acceptors (Lipinski definition) is 4. The lowest BCUT2D eigenvalue weighted by molar-refractivity contribution is -0.124. The monoisotopic (exact) mass is 301 g/mol. The van der Waals surface area contributed by atoms with Crippen molar-refractivity contribution in [3.05, 3.63) is 48.0 Å². The van der Waals surface area contributed by atoms with E-state index in [4.69, 9.17) is 16.2 Å². The molecule has 1 amide bonds. The molecule has 0 saturated heterocycles. The third-order valence-electron chi connectivity index (χ3n) is 3.76. The van der Waals surface area contributed by atoms with Crippen LogP contribution in [0.25, 0.3) is 10.8 Å². The molecule has 0 fully saturated rings. The number of nitrogens with two attached hydrogens (primary N) is 2. The molecule has 0 aliphatic rings. The topological polar surface area (TPSA) is 90.4 Å². The Kier molecular flexibility index (Phi) is 5.89. The fraction of sp³-hybridized carbons (Fsp3) is 0.353. The van der Waals surface area contributed by atoms with E-state index in [0.29, 0.717) is 13.1 Å². The first-order valence-corrected chi connectivity index (χ1v) is 7.39. The molecule has 0 aliphatic carbocycles. The van der Waals surface area contributed by atoms with Gasteiger partial charge in [0.15, 0.2) is 0 Å². The Bertz CT molecular complexity index is 626. The summed E-state index contributed by atoms with van der Waals surface area (Å²) in [6.07, 6.45) is -0.0353. The van der Waals surface area contributed by atoms with Crippen molar-refractivity contribution in [1.29, 1.82) is 0 Å². The number of nitrogens with one attached hydrogen (secondary N) is 1. The van der Waals surface area contributed by atoms with Crippen LogP contribution in [0.5, 0.6) is 0 Å². The van der Waals surface area contributed by atoms with Crippen molar-refractivity contribution in [3.8, 4) is 0 Å². The number of rotatable bonds is 7. The summed E-state index contributed by atoms with van der Waals surface area (Å²) in [5, 5.41) is 5.24. The number of carbonyl (C=O) groups is 1. The van der Waals surface area contributed by atoms with Gasteiger partial charge in [-0.25, -0.2) is 0 Å². The molecule has 22 heavy (non-hydrogen) atoms. The summed E-state index contributed by atoms with van der Waals surface area (Å²) in [4.78, 5) is 12.1. The summed E-state index contributed by atoms with van der Waals surface area (Å²) in [6.45, 7) is 0.650. The SMILES string of the molecule is COC(CN)CC(=O)NC(CN)c1ccc2ccccc2c1. The normalized spacial score (nSPS) is 13.8. The molecule has 5 heteroatoms. The molecule has 0 aromatic heterocycles. The van der Waals surface area contributed by atoms with Gasteiger partial charge in [-0.2, -0.15) is 0 Å². The predicted octanol–water partition coefficient (Wildman–Crippen LogP) is 1.32. The van der Waals surface area contributed by atoms with Gasteiger partial charge in [-0.15, -0.1) is 0 Å². The molecule has 2 aromatic rings. The van der Waals surface area contributed by atoms with E-state index < -0.39 is 0 Å². The zero-order chi connectivity index (χ0) is 15.9. The molecular weight excluding hydrogens is 278 g/mol. The number of hydrogen-bond donors (Lipinski definition) is 3. The zero-order valence-corrected chi connectivity index (χ0v) is 12.8. The molecule has 0 spiro atoms. The minimum absolute atomic E-state index is 0.110. The van der Waals surface area contributed by atoms with E-state index in [9.17, 15) is 4.79 Å². The van der Waals surface area contributed by atoms with Gasteiger partial charge in [0, 0.05) is 20.2 Å². The smallest absolute Gasteiger partial charge is 0.223 e. The quantitative estimate of drug-likeness (QED) is 0.719. The highest BCUT2D eigenvalue weighted by Crippen LogP contribution is 2.20. The second kappa shape index (κ2) is 7.89. The number of fused-ring (bicyclic) bond motifs is 1. The van der Waals surface area contributed by atoms with Gasteiger partial charge >= 0.3 is 0 Å². The average molecular weight is 301 g/mol. The molecule has 5 N–H and O–H groups in total. The Hall–Kier alpha value is -1.95. The van der Waals surface area contributed by atoms with Crippen LogP contribution in [0.1, 0.15) is 18.0 Å². The second-order valence-corrected chi connectivity index (χ2v) is 5.26. The zero-order valence-electron chi connectivity index (χ0n) is 12.8. The number of methoxy groups -OCH3 is 1. The van der Waals surface area contributed by atoms with Crippen LogP contribution in [0.4, 0.5) is 0 Å². The molecular formula is C17H23N3O2. The Morgan fingerprint density at radius 1 is 1.14 bits per heavy atom. The highest BCUT2D eigenvalue weighted by atomic mass is 16.5. The number of carbonyl (C=O) groups excluding carboxylic acids is 1. The Morgan fingerprint density at radius 2 is 1.86 bits per heavy atom. The highest BCUT2D eigenvalue weighted by Gasteiger charge is 2.16. The molecule has 0 saturated carbocycles. The van der Waals surface area contributed by atoms with Gasteiger partial charge in [0.25, 0.3) is 0 Å². The molecule has 0 bridgehead atoms. The summed E-state index contributed by atoms with van der Waals surface area (Å²) >= 11 is 0. The van der Waals surface area contributed by atoms with Crippen molar-refractivity contribution < 1.29 is 9.53 Å². The van der Waals surface area contributed by atoms with Gasteiger partial charge in [-0.3, -0.25) is 4.79 Å². The van der Waals surface area contributed by atoms with Crippen molar-refractivity contribution in [2.24, 2.45) is 11.5 Å². The molecule has 0 radical (unpaired) electrons. The molecule has 0 aliphatic heterocycles. The molecule has 2 atom stereocenters. The number of benzene rings is 2. The molecule has 2 rings (SSSR count). The summed E-state index contributed by atoms with van der Waals surface area (Å²) in [6, 6.07) is 14.0. The largest absolute Gasteiger partial charge is 0.380 e. The lowest BCUT2D eigenvalue weighted by Crippen LogP contribution is -2.37. The Labute approximate surface area is 130 Å². The summed E-state index contributed by atoms with van der Waals surface area (Å²) < 4.78 is 5.13. The maximum Gasteiger partial charge on any atom is 0.223 e. The minimum Gasteiger partial charge on any atom is -0.380 e. The third-order valence-corrected chi connectivity index (χ3v) is 3.76. The van der Waals surface area contributed by atoms with Crippen LogP contribution in [-0.2, 0) is 9.53 Å². The summed E-state index contributed by atoms with van der Waals surface area (Å²) in [7, 11) is 1.55. The lowest BCUT2D eigenvalue weighted by Gasteiger charge is -2.20. The average Bonchev–Trinajstić information content (AvgIpc) is 2.57. The van der Waals surface area contributed by atoms with E-state index in [1.54, 1.807) is 7.11 Å². The van der Waals surface area contributed by atoms with E-state index in [1.165, 1.54) is 0 Å². The van der Waals surface area contributed by atoms with Crippen molar-refractivity contribution in [3.63, 3.8) is 0 Å². The first kappa shape index (κ1) is 16.4. The van der Waals surface area contributed by atoms with E-state index >= 15 is 0 Å². The molecule has 5 nitrogen and oxygen atoms in total. The third kappa shape index (κ3) is 4.04. The van der Waals surface area contributed by atoms with Crippen LogP contribution in [0.3, 0.4) is 0 Å². The number of amides is 1. The second-order valence-electron chi connectivity index (χ2n) is 5.26. The van der Waals surface area contributed by atoms with Crippen LogP contribution in [-0.4, -0.2) is 32.2 Å². The fourth-order valence-corrected chi connectivity index (χ4v) is 2.43. The van der Waals surface area contributed by atoms with Crippen LogP contribution in [0.15, 0.2) is 42.5 Å². The Balaban J connectivity index is 2.11. The van der Waals surface area contributed by atoms with Crippen LogP contribution in [0, 0.1) is 0 Å². The van der Waals surface area contributed by atoms with Gasteiger partial charge in [0.2, 0.25) is 5.91 Å². The maximum atomic E-state index is 12.1. The van der Waals surface area contributed by atoms with E-state index in [0.717, 1.165) is 16.3 Å². The van der Waals surface area contributed by atoms with Crippen LogP contribution >= 0.6 is 0 Å². The van der Waals surface area contributed by atoms with Gasteiger partial charge in [-0.1, -0.05) is 36.4 Å². The predicted molar refractivity (Wildman–Crippen MR) is 88.4 cm³/mol.